The van der Waals surface area contributed by atoms with Crippen molar-refractivity contribution in [2.75, 3.05) is 0 Å². The molecule has 1 rings (SSSR count). The van der Waals surface area contributed by atoms with Gasteiger partial charge in [-0.15, -0.1) is 0 Å². The zero-order valence-electron chi connectivity index (χ0n) is 9.61. The number of halogens is 1. The summed E-state index contributed by atoms with van der Waals surface area (Å²) in [5, 5.41) is 9.13. The average molecular weight is 224 g/mol. The molecule has 88 valence electrons. The van der Waals surface area contributed by atoms with Crippen LogP contribution in [-0.4, -0.2) is 11.1 Å². The molecule has 0 radical (unpaired) electrons. The van der Waals surface area contributed by atoms with Crippen LogP contribution in [0.25, 0.3) is 0 Å². The molecule has 2 nitrogen and oxygen atoms in total. The number of rotatable bonds is 5. The van der Waals surface area contributed by atoms with E-state index in [-0.39, 0.29) is 11.5 Å². The molecule has 0 heterocycles. The molecule has 0 bridgehead atoms. The van der Waals surface area contributed by atoms with Crippen molar-refractivity contribution < 1.29 is 14.3 Å². The number of hydrogen-bond donors (Lipinski definition) is 1. The summed E-state index contributed by atoms with van der Waals surface area (Å²) in [5.74, 6) is -1.85. The maximum Gasteiger partial charge on any atom is 0.311 e. The van der Waals surface area contributed by atoms with Crippen molar-refractivity contribution in [1.82, 2.24) is 0 Å². The van der Waals surface area contributed by atoms with E-state index in [4.69, 9.17) is 5.11 Å². The third kappa shape index (κ3) is 3.05. The summed E-state index contributed by atoms with van der Waals surface area (Å²) in [5.41, 5.74) is 0.287. The van der Waals surface area contributed by atoms with Crippen molar-refractivity contribution in [3.05, 3.63) is 35.6 Å². The maximum atomic E-state index is 13.5. The number of carbonyl (C=O) groups is 1. The Bertz CT molecular complexity index is 363. The minimum Gasteiger partial charge on any atom is -0.481 e. The molecule has 2 unspecified atom stereocenters. The quantitative estimate of drug-likeness (QED) is 0.832. The van der Waals surface area contributed by atoms with Crippen molar-refractivity contribution in [2.24, 2.45) is 5.92 Å². The lowest BCUT2D eigenvalue weighted by Gasteiger charge is -2.17. The molecule has 0 saturated heterocycles. The molecule has 1 aromatic rings. The van der Waals surface area contributed by atoms with Gasteiger partial charge in [0.05, 0.1) is 5.92 Å². The first-order valence-corrected chi connectivity index (χ1v) is 5.53. The van der Waals surface area contributed by atoms with Gasteiger partial charge < -0.3 is 5.11 Å². The highest BCUT2D eigenvalue weighted by molar-refractivity contribution is 5.76. The molecule has 0 aromatic heterocycles. The highest BCUT2D eigenvalue weighted by atomic mass is 19.1. The number of carboxylic acid groups (broad SMARTS) is 1. The molecule has 1 N–H and O–H groups in total. The molecule has 0 aliphatic heterocycles. The van der Waals surface area contributed by atoms with Crippen molar-refractivity contribution >= 4 is 5.97 Å². The van der Waals surface area contributed by atoms with Crippen LogP contribution in [0.2, 0.25) is 0 Å². The number of aliphatic carboxylic acids is 1. The maximum absolute atomic E-state index is 13.5. The van der Waals surface area contributed by atoms with Crippen LogP contribution in [-0.2, 0) is 4.79 Å². The van der Waals surface area contributed by atoms with Crippen LogP contribution in [0.5, 0.6) is 0 Å². The highest BCUT2D eigenvalue weighted by Crippen LogP contribution is 2.27. The molecule has 16 heavy (non-hydrogen) atoms. The molecule has 0 saturated carbocycles. The monoisotopic (exact) mass is 224 g/mol. The predicted octanol–water partition coefficient (Wildman–Crippen LogP) is 3.43. The van der Waals surface area contributed by atoms with E-state index in [1.165, 1.54) is 6.07 Å². The first-order chi connectivity index (χ1) is 7.56. The third-order valence-electron chi connectivity index (χ3n) is 2.91. The first kappa shape index (κ1) is 12.7. The van der Waals surface area contributed by atoms with E-state index in [1.54, 1.807) is 18.2 Å². The minimum absolute atomic E-state index is 0.278. The summed E-state index contributed by atoms with van der Waals surface area (Å²) in [6.45, 7) is 3.99. The molecule has 2 atom stereocenters. The van der Waals surface area contributed by atoms with Crippen LogP contribution in [0.3, 0.4) is 0 Å². The van der Waals surface area contributed by atoms with Gasteiger partial charge in [-0.1, -0.05) is 38.5 Å². The van der Waals surface area contributed by atoms with Crippen LogP contribution < -0.4 is 0 Å². The lowest BCUT2D eigenvalue weighted by molar-refractivity contribution is -0.139. The Morgan fingerprint density at radius 3 is 2.56 bits per heavy atom. The highest BCUT2D eigenvalue weighted by Gasteiger charge is 2.24. The van der Waals surface area contributed by atoms with Crippen LogP contribution in [0.4, 0.5) is 4.39 Å². The van der Waals surface area contributed by atoms with Gasteiger partial charge in [-0.2, -0.15) is 0 Å². The van der Waals surface area contributed by atoms with Gasteiger partial charge in [-0.3, -0.25) is 4.79 Å². The summed E-state index contributed by atoms with van der Waals surface area (Å²) in [4.78, 5) is 11.1. The van der Waals surface area contributed by atoms with E-state index in [1.807, 2.05) is 13.8 Å². The molecule has 1 aromatic carbocycles. The normalized spacial score (nSPS) is 14.4. The molecule has 0 amide bonds. The van der Waals surface area contributed by atoms with Gasteiger partial charge in [-0.05, 0) is 18.4 Å². The summed E-state index contributed by atoms with van der Waals surface area (Å²) in [6.07, 6.45) is 1.38. The van der Waals surface area contributed by atoms with Crippen LogP contribution >= 0.6 is 0 Å². The van der Waals surface area contributed by atoms with Crippen LogP contribution in [0.15, 0.2) is 24.3 Å². The summed E-state index contributed by atoms with van der Waals surface area (Å²) < 4.78 is 13.5. The fourth-order valence-corrected chi connectivity index (χ4v) is 1.69. The predicted molar refractivity (Wildman–Crippen MR) is 60.8 cm³/mol. The molecule has 0 aliphatic carbocycles. The topological polar surface area (TPSA) is 37.3 Å². The van der Waals surface area contributed by atoms with Crippen LogP contribution in [0.1, 0.15) is 38.2 Å². The average Bonchev–Trinajstić information content (AvgIpc) is 2.26. The molecule has 0 aliphatic rings. The van der Waals surface area contributed by atoms with Gasteiger partial charge in [0.1, 0.15) is 5.82 Å². The zero-order chi connectivity index (χ0) is 12.1. The third-order valence-corrected chi connectivity index (χ3v) is 2.91. The standard InChI is InChI=1S/C13H17FO2/c1-3-9(2)8-11(13(15)16)10-6-4-5-7-12(10)14/h4-7,9,11H,3,8H2,1-2H3,(H,15,16). The van der Waals surface area contributed by atoms with E-state index >= 15 is 0 Å². The van der Waals surface area contributed by atoms with E-state index in [2.05, 4.69) is 0 Å². The van der Waals surface area contributed by atoms with E-state index < -0.39 is 17.7 Å². The summed E-state index contributed by atoms with van der Waals surface area (Å²) in [7, 11) is 0. The van der Waals surface area contributed by atoms with E-state index in [0.29, 0.717) is 6.42 Å². The second-order valence-electron chi connectivity index (χ2n) is 4.16. The molecular weight excluding hydrogens is 207 g/mol. The number of hydrogen-bond acceptors (Lipinski definition) is 1. The minimum atomic E-state index is -0.953. The largest absolute Gasteiger partial charge is 0.481 e. The molecule has 0 spiro atoms. The van der Waals surface area contributed by atoms with Crippen molar-refractivity contribution in [2.45, 2.75) is 32.6 Å². The van der Waals surface area contributed by atoms with Gasteiger partial charge in [0, 0.05) is 5.56 Å². The second-order valence-corrected chi connectivity index (χ2v) is 4.16. The van der Waals surface area contributed by atoms with Crippen molar-refractivity contribution in [1.29, 1.82) is 0 Å². The lowest BCUT2D eigenvalue weighted by Crippen LogP contribution is -2.16. The van der Waals surface area contributed by atoms with Gasteiger partial charge in [0.2, 0.25) is 0 Å². The number of carboxylic acids is 1. The Balaban J connectivity index is 2.94. The SMILES string of the molecule is CCC(C)CC(C(=O)O)c1ccccc1F. The Morgan fingerprint density at radius 1 is 1.44 bits per heavy atom. The van der Waals surface area contributed by atoms with Gasteiger partial charge in [0.25, 0.3) is 0 Å². The first-order valence-electron chi connectivity index (χ1n) is 5.53. The van der Waals surface area contributed by atoms with Crippen molar-refractivity contribution in [3.63, 3.8) is 0 Å². The number of benzene rings is 1. The molecule has 0 fully saturated rings. The van der Waals surface area contributed by atoms with Crippen molar-refractivity contribution in [3.8, 4) is 0 Å². The second kappa shape index (κ2) is 5.64. The van der Waals surface area contributed by atoms with Gasteiger partial charge in [-0.25, -0.2) is 4.39 Å². The summed E-state index contributed by atoms with van der Waals surface area (Å²) >= 11 is 0. The fourth-order valence-electron chi connectivity index (χ4n) is 1.69. The smallest absolute Gasteiger partial charge is 0.311 e. The Hall–Kier alpha value is -1.38. The Morgan fingerprint density at radius 2 is 2.06 bits per heavy atom. The van der Waals surface area contributed by atoms with E-state index in [9.17, 15) is 9.18 Å². The van der Waals surface area contributed by atoms with Gasteiger partial charge in [0.15, 0.2) is 0 Å². The molecule has 3 heteroatoms. The Labute approximate surface area is 95.1 Å². The Kier molecular flexibility index (Phi) is 4.47. The zero-order valence-corrected chi connectivity index (χ0v) is 9.61. The van der Waals surface area contributed by atoms with E-state index in [0.717, 1.165) is 6.42 Å². The van der Waals surface area contributed by atoms with Crippen LogP contribution in [0, 0.1) is 11.7 Å². The molecular formula is C13H17FO2. The summed E-state index contributed by atoms with van der Waals surface area (Å²) in [6, 6.07) is 6.10. The fraction of sp³-hybridized carbons (Fsp3) is 0.462. The lowest BCUT2D eigenvalue weighted by atomic mass is 9.88. The van der Waals surface area contributed by atoms with Gasteiger partial charge >= 0.3 is 5.97 Å².